The highest BCUT2D eigenvalue weighted by Gasteiger charge is 2.60. The molecular weight excluding hydrogens is 333 g/mol. The summed E-state index contributed by atoms with van der Waals surface area (Å²) in [7, 11) is 3.46. The van der Waals surface area contributed by atoms with Gasteiger partial charge in [-0.3, -0.25) is 9.59 Å². The average molecular weight is 353 g/mol. The number of rotatable bonds is 3. The zero-order valence-corrected chi connectivity index (χ0v) is 12.9. The molecule has 0 aromatic rings. The van der Waals surface area contributed by atoms with Crippen LogP contribution in [0.5, 0.6) is 0 Å². The summed E-state index contributed by atoms with van der Waals surface area (Å²) >= 11 is 2.20. The lowest BCUT2D eigenvalue weighted by Crippen LogP contribution is -2.48. The van der Waals surface area contributed by atoms with Crippen molar-refractivity contribution in [2.45, 2.75) is 26.7 Å². The maximum atomic E-state index is 12.2. The summed E-state index contributed by atoms with van der Waals surface area (Å²) < 4.78 is 0.678. The summed E-state index contributed by atoms with van der Waals surface area (Å²) in [6.45, 7) is 3.71. The van der Waals surface area contributed by atoms with E-state index in [-0.39, 0.29) is 11.8 Å². The van der Waals surface area contributed by atoms with E-state index in [2.05, 4.69) is 22.6 Å². The van der Waals surface area contributed by atoms with Gasteiger partial charge in [-0.15, -0.1) is 0 Å². The van der Waals surface area contributed by atoms with E-state index in [4.69, 9.17) is 0 Å². The summed E-state index contributed by atoms with van der Waals surface area (Å²) in [5.41, 5.74) is -1.27. The molecule has 0 saturated heterocycles. The molecule has 0 spiro atoms. The number of hydrogen-bond acceptors (Lipinski definition) is 2. The van der Waals surface area contributed by atoms with Gasteiger partial charge in [0.05, 0.1) is 5.41 Å². The van der Waals surface area contributed by atoms with Crippen LogP contribution in [0, 0.1) is 16.7 Å². The summed E-state index contributed by atoms with van der Waals surface area (Å²) in [5.74, 6) is -0.921. The fourth-order valence-corrected chi connectivity index (χ4v) is 4.09. The number of carboxylic acids is 1. The molecule has 98 valence electrons. The molecular formula is C12H20INO3. The highest BCUT2D eigenvalue weighted by Crippen LogP contribution is 2.57. The fourth-order valence-electron chi connectivity index (χ4n) is 2.72. The highest BCUT2D eigenvalue weighted by molar-refractivity contribution is 14.1. The van der Waals surface area contributed by atoms with E-state index in [0.717, 1.165) is 0 Å². The van der Waals surface area contributed by atoms with Gasteiger partial charge in [0.25, 0.3) is 0 Å². The van der Waals surface area contributed by atoms with E-state index in [1.807, 2.05) is 6.92 Å². The largest absolute Gasteiger partial charge is 0.481 e. The van der Waals surface area contributed by atoms with Crippen LogP contribution < -0.4 is 0 Å². The lowest BCUT2D eigenvalue weighted by molar-refractivity contribution is -0.155. The summed E-state index contributed by atoms with van der Waals surface area (Å²) in [6.07, 6.45) is 1.24. The third-order valence-electron chi connectivity index (χ3n) is 4.45. The lowest BCUT2D eigenvalue weighted by Gasteiger charge is -2.40. The first-order valence-corrected chi connectivity index (χ1v) is 7.24. The number of carbonyl (C=O) groups is 2. The molecule has 1 saturated carbocycles. The third-order valence-corrected chi connectivity index (χ3v) is 6.04. The third kappa shape index (κ3) is 2.06. The van der Waals surface area contributed by atoms with E-state index >= 15 is 0 Å². The van der Waals surface area contributed by atoms with Crippen LogP contribution in [-0.4, -0.2) is 40.4 Å². The van der Waals surface area contributed by atoms with Gasteiger partial charge in [0.1, 0.15) is 0 Å². The molecule has 17 heavy (non-hydrogen) atoms. The molecule has 0 aliphatic heterocycles. The van der Waals surface area contributed by atoms with Crippen molar-refractivity contribution < 1.29 is 14.7 Å². The first-order chi connectivity index (χ1) is 7.70. The zero-order chi connectivity index (χ0) is 13.4. The smallest absolute Gasteiger partial charge is 0.309 e. The van der Waals surface area contributed by atoms with Gasteiger partial charge in [0.2, 0.25) is 5.91 Å². The number of hydrogen-bond donors (Lipinski definition) is 1. The molecule has 1 aliphatic rings. The minimum Gasteiger partial charge on any atom is -0.481 e. The second-order valence-corrected chi connectivity index (χ2v) is 6.28. The topological polar surface area (TPSA) is 57.6 Å². The number of aliphatic carboxylic acids is 1. The van der Waals surface area contributed by atoms with Crippen LogP contribution in [0.15, 0.2) is 0 Å². The molecule has 3 atom stereocenters. The van der Waals surface area contributed by atoms with Crippen molar-refractivity contribution in [3.8, 4) is 0 Å². The maximum Gasteiger partial charge on any atom is 0.309 e. The van der Waals surface area contributed by atoms with Crippen LogP contribution in [0.25, 0.3) is 0 Å². The minimum atomic E-state index is -0.801. The number of carbonyl (C=O) groups excluding carboxylic acids is 1. The predicted molar refractivity (Wildman–Crippen MR) is 74.2 cm³/mol. The Morgan fingerprint density at radius 1 is 1.41 bits per heavy atom. The molecule has 0 unspecified atom stereocenters. The van der Waals surface area contributed by atoms with Crippen LogP contribution in [-0.2, 0) is 9.59 Å². The molecule has 1 N–H and O–H groups in total. The van der Waals surface area contributed by atoms with Gasteiger partial charge in [-0.1, -0.05) is 29.5 Å². The van der Waals surface area contributed by atoms with E-state index in [1.54, 1.807) is 25.9 Å². The van der Waals surface area contributed by atoms with E-state index in [1.165, 1.54) is 0 Å². The second-order valence-electron chi connectivity index (χ2n) is 5.51. The molecule has 1 aliphatic carbocycles. The first kappa shape index (κ1) is 14.7. The van der Waals surface area contributed by atoms with Crippen molar-refractivity contribution in [3.63, 3.8) is 0 Å². The molecule has 0 aromatic carbocycles. The Morgan fingerprint density at radius 3 is 2.29 bits per heavy atom. The Bertz CT molecular complexity index is 345. The Labute approximate surface area is 116 Å². The molecule has 0 heterocycles. The standard InChI is InChI=1S/C12H20INO3/c1-11(10(16)17)6-5-8(9(15)14(3)4)12(11,2)7-13/h8H,5-7H2,1-4H3,(H,16,17)/t8-,11+,12-/m0/s1. The van der Waals surface area contributed by atoms with Gasteiger partial charge in [-0.25, -0.2) is 0 Å². The average Bonchev–Trinajstić information content (AvgIpc) is 2.53. The summed E-state index contributed by atoms with van der Waals surface area (Å²) in [5, 5.41) is 9.45. The van der Waals surface area contributed by atoms with Crippen LogP contribution in [0.1, 0.15) is 26.7 Å². The lowest BCUT2D eigenvalue weighted by atomic mass is 9.65. The van der Waals surface area contributed by atoms with Crippen LogP contribution in [0.4, 0.5) is 0 Å². The van der Waals surface area contributed by atoms with Gasteiger partial charge >= 0.3 is 5.97 Å². The summed E-state index contributed by atoms with van der Waals surface area (Å²) in [4.78, 5) is 25.2. The Balaban J connectivity index is 3.15. The molecule has 1 fully saturated rings. The van der Waals surface area contributed by atoms with Gasteiger partial charge in [0.15, 0.2) is 0 Å². The Hall–Kier alpha value is -0.330. The van der Waals surface area contributed by atoms with Gasteiger partial charge < -0.3 is 10.0 Å². The van der Waals surface area contributed by atoms with Crippen molar-refractivity contribution in [1.29, 1.82) is 0 Å². The van der Waals surface area contributed by atoms with E-state index in [0.29, 0.717) is 17.3 Å². The van der Waals surface area contributed by atoms with Crippen molar-refractivity contribution in [1.82, 2.24) is 4.90 Å². The number of halogens is 1. The highest BCUT2D eigenvalue weighted by atomic mass is 127. The molecule has 5 heteroatoms. The molecule has 0 aromatic heterocycles. The monoisotopic (exact) mass is 353 g/mol. The van der Waals surface area contributed by atoms with Gasteiger partial charge in [0, 0.05) is 29.9 Å². The van der Waals surface area contributed by atoms with Crippen LogP contribution in [0.3, 0.4) is 0 Å². The molecule has 1 rings (SSSR count). The number of nitrogens with zero attached hydrogens (tertiary/aromatic N) is 1. The van der Waals surface area contributed by atoms with Crippen LogP contribution >= 0.6 is 22.6 Å². The zero-order valence-electron chi connectivity index (χ0n) is 10.8. The second kappa shape index (κ2) is 4.74. The van der Waals surface area contributed by atoms with Gasteiger partial charge in [-0.2, -0.15) is 0 Å². The first-order valence-electron chi connectivity index (χ1n) is 5.71. The van der Waals surface area contributed by atoms with E-state index in [9.17, 15) is 14.7 Å². The molecule has 0 radical (unpaired) electrons. The quantitative estimate of drug-likeness (QED) is 0.624. The molecule has 0 bridgehead atoms. The fraction of sp³-hybridized carbons (Fsp3) is 0.833. The van der Waals surface area contributed by atoms with Crippen molar-refractivity contribution >= 4 is 34.5 Å². The predicted octanol–water partition coefficient (Wildman–Crippen LogP) is 2.02. The van der Waals surface area contributed by atoms with Crippen molar-refractivity contribution in [2.24, 2.45) is 16.7 Å². The minimum absolute atomic E-state index is 0.0501. The maximum absolute atomic E-state index is 12.2. The number of carboxylic acid groups (broad SMARTS) is 1. The number of alkyl halides is 1. The van der Waals surface area contributed by atoms with Crippen molar-refractivity contribution in [3.05, 3.63) is 0 Å². The van der Waals surface area contributed by atoms with Gasteiger partial charge in [-0.05, 0) is 19.8 Å². The SMILES string of the molecule is CN(C)C(=O)[C@@H]1CC[C@](C)(C(=O)O)[C@@]1(C)CI. The van der Waals surface area contributed by atoms with E-state index < -0.39 is 16.8 Å². The Kier molecular flexibility index (Phi) is 4.11. The molecule has 1 amide bonds. The number of amides is 1. The normalized spacial score (nSPS) is 36.9. The Morgan fingerprint density at radius 2 is 1.94 bits per heavy atom. The van der Waals surface area contributed by atoms with Crippen LogP contribution in [0.2, 0.25) is 0 Å². The summed E-state index contributed by atoms with van der Waals surface area (Å²) in [6, 6.07) is 0. The van der Waals surface area contributed by atoms with Crippen molar-refractivity contribution in [2.75, 3.05) is 18.5 Å². The molecule has 4 nitrogen and oxygen atoms in total.